The van der Waals surface area contributed by atoms with Crippen molar-refractivity contribution in [2.45, 2.75) is 6.54 Å². The van der Waals surface area contributed by atoms with Crippen molar-refractivity contribution in [1.82, 2.24) is 14.9 Å². The zero-order valence-electron chi connectivity index (χ0n) is 11.1. The molecule has 0 bridgehead atoms. The number of benzene rings is 1. The summed E-state index contributed by atoms with van der Waals surface area (Å²) in [6, 6.07) is 7.44. The lowest BCUT2D eigenvalue weighted by atomic mass is 10.2. The van der Waals surface area contributed by atoms with Gasteiger partial charge in [0.15, 0.2) is 0 Å². The van der Waals surface area contributed by atoms with Crippen LogP contribution in [0.15, 0.2) is 33.5 Å². The van der Waals surface area contributed by atoms with E-state index in [4.69, 9.17) is 9.52 Å². The van der Waals surface area contributed by atoms with Gasteiger partial charge in [-0.15, -0.1) is 0 Å². The Bertz CT molecular complexity index is 806. The minimum atomic E-state index is -0.279. The van der Waals surface area contributed by atoms with Crippen LogP contribution in [-0.2, 0) is 6.54 Å². The van der Waals surface area contributed by atoms with Crippen LogP contribution in [0, 0.1) is 0 Å². The first-order chi connectivity index (χ1) is 9.69. The molecule has 6 nitrogen and oxygen atoms in total. The average molecular weight is 273 g/mol. The molecule has 0 radical (unpaired) electrons. The molecule has 6 heteroatoms. The third-order valence-electron chi connectivity index (χ3n) is 3.18. The molecule has 0 saturated carbocycles. The van der Waals surface area contributed by atoms with Crippen molar-refractivity contribution in [2.75, 3.05) is 20.2 Å². The molecule has 0 spiro atoms. The molecule has 3 rings (SSSR count). The van der Waals surface area contributed by atoms with Crippen LogP contribution in [0.2, 0.25) is 0 Å². The second kappa shape index (κ2) is 5.07. The van der Waals surface area contributed by atoms with Crippen LogP contribution < -0.4 is 5.56 Å². The number of hydrogen-bond acceptors (Lipinski definition) is 5. The largest absolute Gasteiger partial charge is 0.449 e. The van der Waals surface area contributed by atoms with Crippen LogP contribution in [-0.4, -0.2) is 40.2 Å². The Morgan fingerprint density at radius 3 is 3.00 bits per heavy atom. The Morgan fingerprint density at radius 1 is 1.40 bits per heavy atom. The van der Waals surface area contributed by atoms with Gasteiger partial charge in [-0.3, -0.25) is 9.69 Å². The molecule has 1 aromatic carbocycles. The quantitative estimate of drug-likeness (QED) is 0.743. The van der Waals surface area contributed by atoms with Crippen LogP contribution in [0.4, 0.5) is 0 Å². The Morgan fingerprint density at radius 2 is 2.20 bits per heavy atom. The molecular formula is C14H15N3O3. The van der Waals surface area contributed by atoms with Crippen molar-refractivity contribution in [2.24, 2.45) is 0 Å². The van der Waals surface area contributed by atoms with Crippen LogP contribution >= 0.6 is 0 Å². The van der Waals surface area contributed by atoms with Gasteiger partial charge in [0.2, 0.25) is 5.58 Å². The molecule has 0 amide bonds. The van der Waals surface area contributed by atoms with E-state index in [0.29, 0.717) is 30.0 Å². The fourth-order valence-electron chi connectivity index (χ4n) is 2.23. The number of nitrogens with one attached hydrogen (secondary N) is 1. The van der Waals surface area contributed by atoms with E-state index in [9.17, 15) is 4.79 Å². The van der Waals surface area contributed by atoms with Crippen LogP contribution in [0.1, 0.15) is 5.82 Å². The van der Waals surface area contributed by atoms with Crippen LogP contribution in [0.5, 0.6) is 0 Å². The molecule has 0 aliphatic rings. The summed E-state index contributed by atoms with van der Waals surface area (Å²) in [5, 5.41) is 9.73. The first-order valence-corrected chi connectivity index (χ1v) is 6.39. The normalized spacial score (nSPS) is 11.8. The number of aliphatic hydroxyl groups excluding tert-OH is 1. The van der Waals surface area contributed by atoms with E-state index in [1.807, 2.05) is 36.2 Å². The SMILES string of the molecule is CN(CCO)Cc1nc2c(oc3ccccc32)c(=O)[nH]1. The number of aliphatic hydroxyl groups is 1. The molecule has 0 atom stereocenters. The van der Waals surface area contributed by atoms with Crippen molar-refractivity contribution in [3.05, 3.63) is 40.4 Å². The highest BCUT2D eigenvalue weighted by Crippen LogP contribution is 2.24. The predicted molar refractivity (Wildman–Crippen MR) is 75.6 cm³/mol. The summed E-state index contributed by atoms with van der Waals surface area (Å²) >= 11 is 0. The minimum absolute atomic E-state index is 0.0671. The van der Waals surface area contributed by atoms with Crippen LogP contribution in [0.3, 0.4) is 0 Å². The van der Waals surface area contributed by atoms with Gasteiger partial charge in [-0.25, -0.2) is 4.98 Å². The van der Waals surface area contributed by atoms with E-state index in [-0.39, 0.29) is 17.7 Å². The zero-order valence-corrected chi connectivity index (χ0v) is 11.1. The monoisotopic (exact) mass is 273 g/mol. The van der Waals surface area contributed by atoms with Gasteiger partial charge in [0.25, 0.3) is 5.56 Å². The standard InChI is InChI=1S/C14H15N3O3/c1-17(6-7-18)8-11-15-12-9-4-2-3-5-10(9)20-13(12)14(19)16-11/h2-5,18H,6-8H2,1H3,(H,15,16,19). The summed E-state index contributed by atoms with van der Waals surface area (Å²) < 4.78 is 5.53. The van der Waals surface area contributed by atoms with Crippen molar-refractivity contribution < 1.29 is 9.52 Å². The van der Waals surface area contributed by atoms with Gasteiger partial charge in [-0.2, -0.15) is 0 Å². The molecule has 104 valence electrons. The van der Waals surface area contributed by atoms with Gasteiger partial charge in [0.05, 0.1) is 13.2 Å². The molecule has 0 aliphatic carbocycles. The smallest absolute Gasteiger partial charge is 0.294 e. The highest BCUT2D eigenvalue weighted by molar-refractivity contribution is 6.01. The Labute approximate surface area is 114 Å². The van der Waals surface area contributed by atoms with Gasteiger partial charge in [0.1, 0.15) is 16.9 Å². The number of furan rings is 1. The molecule has 0 saturated heterocycles. The number of para-hydroxylation sites is 1. The summed E-state index contributed by atoms with van der Waals surface area (Å²) in [6.45, 7) is 1.05. The summed E-state index contributed by atoms with van der Waals surface area (Å²) in [6.07, 6.45) is 0. The number of fused-ring (bicyclic) bond motifs is 3. The lowest BCUT2D eigenvalue weighted by Gasteiger charge is -2.13. The molecule has 3 aromatic rings. The maximum atomic E-state index is 12.1. The van der Waals surface area contributed by atoms with Gasteiger partial charge in [-0.05, 0) is 19.2 Å². The lowest BCUT2D eigenvalue weighted by Crippen LogP contribution is -2.24. The van der Waals surface area contributed by atoms with E-state index in [1.165, 1.54) is 0 Å². The zero-order chi connectivity index (χ0) is 14.1. The maximum Gasteiger partial charge on any atom is 0.294 e. The second-order valence-electron chi connectivity index (χ2n) is 4.75. The van der Waals surface area contributed by atoms with E-state index < -0.39 is 0 Å². The Balaban J connectivity index is 2.12. The third-order valence-corrected chi connectivity index (χ3v) is 3.18. The van der Waals surface area contributed by atoms with E-state index in [1.54, 1.807) is 0 Å². The molecule has 0 unspecified atom stereocenters. The summed E-state index contributed by atoms with van der Waals surface area (Å²) in [7, 11) is 1.86. The summed E-state index contributed by atoms with van der Waals surface area (Å²) in [5.74, 6) is 0.560. The highest BCUT2D eigenvalue weighted by Gasteiger charge is 2.13. The molecule has 20 heavy (non-hydrogen) atoms. The first kappa shape index (κ1) is 12.8. The number of rotatable bonds is 4. The second-order valence-corrected chi connectivity index (χ2v) is 4.75. The molecular weight excluding hydrogens is 258 g/mol. The molecule has 2 heterocycles. The van der Waals surface area contributed by atoms with Crippen molar-refractivity contribution in [1.29, 1.82) is 0 Å². The number of hydrogen-bond donors (Lipinski definition) is 2. The average Bonchev–Trinajstić information content (AvgIpc) is 2.79. The number of likely N-dealkylation sites (N-methyl/N-ethyl adjacent to an activating group) is 1. The van der Waals surface area contributed by atoms with E-state index >= 15 is 0 Å². The lowest BCUT2D eigenvalue weighted by molar-refractivity contribution is 0.214. The highest BCUT2D eigenvalue weighted by atomic mass is 16.3. The Kier molecular flexibility index (Phi) is 3.25. The first-order valence-electron chi connectivity index (χ1n) is 6.39. The van der Waals surface area contributed by atoms with Crippen molar-refractivity contribution in [3.8, 4) is 0 Å². The van der Waals surface area contributed by atoms with Gasteiger partial charge < -0.3 is 14.5 Å². The van der Waals surface area contributed by atoms with E-state index in [0.717, 1.165) is 5.39 Å². The van der Waals surface area contributed by atoms with Gasteiger partial charge in [0, 0.05) is 11.9 Å². The fraction of sp³-hybridized carbons (Fsp3) is 0.286. The molecule has 0 aliphatic heterocycles. The Hall–Kier alpha value is -2.18. The third kappa shape index (κ3) is 2.19. The number of H-pyrrole nitrogens is 1. The van der Waals surface area contributed by atoms with Gasteiger partial charge >= 0.3 is 0 Å². The van der Waals surface area contributed by atoms with Crippen molar-refractivity contribution in [3.63, 3.8) is 0 Å². The van der Waals surface area contributed by atoms with E-state index in [2.05, 4.69) is 9.97 Å². The van der Waals surface area contributed by atoms with Crippen molar-refractivity contribution >= 4 is 22.1 Å². The summed E-state index contributed by atoms with van der Waals surface area (Å²) in [5.41, 5.74) is 1.21. The number of aromatic amines is 1. The minimum Gasteiger partial charge on any atom is -0.449 e. The molecule has 2 N–H and O–H groups in total. The topological polar surface area (TPSA) is 82.4 Å². The predicted octanol–water partition coefficient (Wildman–Crippen LogP) is 1.09. The molecule has 2 aromatic heterocycles. The van der Waals surface area contributed by atoms with Crippen LogP contribution in [0.25, 0.3) is 22.1 Å². The number of nitrogens with zero attached hydrogens (tertiary/aromatic N) is 2. The maximum absolute atomic E-state index is 12.1. The molecule has 0 fully saturated rings. The fourth-order valence-corrected chi connectivity index (χ4v) is 2.23. The van der Waals surface area contributed by atoms with Gasteiger partial charge in [-0.1, -0.05) is 12.1 Å². The summed E-state index contributed by atoms with van der Waals surface area (Å²) in [4.78, 5) is 21.1. The number of aromatic nitrogens is 2.